The van der Waals surface area contributed by atoms with E-state index in [1.54, 1.807) is 12.3 Å². The summed E-state index contributed by atoms with van der Waals surface area (Å²) in [6.45, 7) is 1.46. The minimum Gasteiger partial charge on any atom is -0.366 e. The van der Waals surface area contributed by atoms with E-state index in [1.807, 2.05) is 7.05 Å². The molecule has 0 aliphatic heterocycles. The van der Waals surface area contributed by atoms with Gasteiger partial charge < -0.3 is 10.6 Å². The fourth-order valence-electron chi connectivity index (χ4n) is 0.822. The average molecular weight is 169 g/mol. The second kappa shape index (κ2) is 4.66. The summed E-state index contributed by atoms with van der Waals surface area (Å²) in [4.78, 5) is 3.84. The van der Waals surface area contributed by atoms with Gasteiger partial charge in [0.05, 0.1) is 0 Å². The predicted molar refractivity (Wildman–Crippen MR) is 46.6 cm³/mol. The third-order valence-electron chi connectivity index (χ3n) is 1.43. The highest BCUT2D eigenvalue weighted by Gasteiger charge is 1.98. The standard InChI is InChI=1S/C8H12FN3/c1-10-5-6-12-8-7(9)3-2-4-11-8/h2-4,10H,5-6H2,1H3,(H,11,12). The fraction of sp³-hybridized carbons (Fsp3) is 0.375. The maximum absolute atomic E-state index is 12.9. The Labute approximate surface area is 71.0 Å². The van der Waals surface area contributed by atoms with Crippen molar-refractivity contribution in [1.29, 1.82) is 0 Å². The lowest BCUT2D eigenvalue weighted by Gasteiger charge is -2.04. The summed E-state index contributed by atoms with van der Waals surface area (Å²) in [5.74, 6) is 0.00125. The van der Waals surface area contributed by atoms with Crippen LogP contribution in [0.1, 0.15) is 0 Å². The summed E-state index contributed by atoms with van der Waals surface area (Å²) in [6, 6.07) is 2.95. The number of aromatic nitrogens is 1. The number of nitrogens with one attached hydrogen (secondary N) is 2. The largest absolute Gasteiger partial charge is 0.366 e. The first-order valence-electron chi connectivity index (χ1n) is 3.83. The van der Waals surface area contributed by atoms with Gasteiger partial charge in [-0.05, 0) is 19.2 Å². The molecular weight excluding hydrogens is 157 g/mol. The van der Waals surface area contributed by atoms with Gasteiger partial charge in [0.2, 0.25) is 0 Å². The molecule has 0 bridgehead atoms. The van der Waals surface area contributed by atoms with Crippen molar-refractivity contribution in [3.05, 3.63) is 24.1 Å². The van der Waals surface area contributed by atoms with Gasteiger partial charge in [0.15, 0.2) is 11.6 Å². The smallest absolute Gasteiger partial charge is 0.165 e. The number of pyridine rings is 1. The quantitative estimate of drug-likeness (QED) is 0.656. The van der Waals surface area contributed by atoms with Crippen LogP contribution in [0.15, 0.2) is 18.3 Å². The summed E-state index contributed by atoms with van der Waals surface area (Å²) in [5.41, 5.74) is 0. The Morgan fingerprint density at radius 3 is 3.00 bits per heavy atom. The Hall–Kier alpha value is -1.16. The zero-order valence-corrected chi connectivity index (χ0v) is 6.97. The number of anilines is 1. The van der Waals surface area contributed by atoms with Crippen molar-refractivity contribution in [1.82, 2.24) is 10.3 Å². The van der Waals surface area contributed by atoms with E-state index in [0.29, 0.717) is 12.4 Å². The molecule has 1 heterocycles. The molecule has 0 unspecified atom stereocenters. The summed E-state index contributed by atoms with van der Waals surface area (Å²) >= 11 is 0. The minimum atomic E-state index is -0.311. The lowest BCUT2D eigenvalue weighted by Crippen LogP contribution is -2.18. The number of nitrogens with zero attached hydrogens (tertiary/aromatic N) is 1. The van der Waals surface area contributed by atoms with Crippen LogP contribution in [0.25, 0.3) is 0 Å². The molecule has 0 aromatic carbocycles. The van der Waals surface area contributed by atoms with E-state index in [-0.39, 0.29) is 5.82 Å². The van der Waals surface area contributed by atoms with Gasteiger partial charge in [-0.2, -0.15) is 0 Å². The van der Waals surface area contributed by atoms with Crippen molar-refractivity contribution in [2.75, 3.05) is 25.5 Å². The van der Waals surface area contributed by atoms with Crippen molar-refractivity contribution in [2.45, 2.75) is 0 Å². The zero-order valence-electron chi connectivity index (χ0n) is 6.97. The van der Waals surface area contributed by atoms with Crippen molar-refractivity contribution < 1.29 is 4.39 Å². The molecule has 3 nitrogen and oxygen atoms in total. The summed E-state index contributed by atoms with van der Waals surface area (Å²) in [7, 11) is 1.84. The van der Waals surface area contributed by atoms with E-state index in [1.165, 1.54) is 6.07 Å². The number of likely N-dealkylation sites (N-methyl/N-ethyl adjacent to an activating group) is 1. The first-order valence-corrected chi connectivity index (χ1v) is 3.83. The Morgan fingerprint density at radius 1 is 1.50 bits per heavy atom. The predicted octanol–water partition coefficient (Wildman–Crippen LogP) is 0.852. The van der Waals surface area contributed by atoms with Crippen LogP contribution >= 0.6 is 0 Å². The van der Waals surface area contributed by atoms with Crippen LogP contribution in [0.2, 0.25) is 0 Å². The second-order valence-corrected chi connectivity index (χ2v) is 2.36. The summed E-state index contributed by atoms with van der Waals surface area (Å²) in [5, 5.41) is 5.81. The van der Waals surface area contributed by atoms with Gasteiger partial charge in [-0.15, -0.1) is 0 Å². The molecule has 0 saturated carbocycles. The first kappa shape index (κ1) is 8.93. The number of hydrogen-bond acceptors (Lipinski definition) is 3. The van der Waals surface area contributed by atoms with Gasteiger partial charge in [-0.1, -0.05) is 0 Å². The molecule has 0 fully saturated rings. The van der Waals surface area contributed by atoms with Crippen molar-refractivity contribution >= 4 is 5.82 Å². The zero-order chi connectivity index (χ0) is 8.81. The molecule has 1 aromatic heterocycles. The van der Waals surface area contributed by atoms with Crippen LogP contribution in [0.5, 0.6) is 0 Å². The molecule has 1 aromatic rings. The lowest BCUT2D eigenvalue weighted by atomic mass is 10.4. The van der Waals surface area contributed by atoms with Crippen molar-refractivity contribution in [3.63, 3.8) is 0 Å². The molecule has 0 aliphatic carbocycles. The highest BCUT2D eigenvalue weighted by molar-refractivity contribution is 5.35. The van der Waals surface area contributed by atoms with Gasteiger partial charge in [0.1, 0.15) is 0 Å². The van der Waals surface area contributed by atoms with E-state index in [4.69, 9.17) is 0 Å². The van der Waals surface area contributed by atoms with E-state index < -0.39 is 0 Å². The topological polar surface area (TPSA) is 37.0 Å². The maximum atomic E-state index is 12.9. The molecule has 0 spiro atoms. The Balaban J connectivity index is 2.46. The van der Waals surface area contributed by atoms with E-state index in [0.717, 1.165) is 6.54 Å². The SMILES string of the molecule is CNCCNc1ncccc1F. The Kier molecular flexibility index (Phi) is 3.47. The van der Waals surface area contributed by atoms with E-state index in [2.05, 4.69) is 15.6 Å². The molecule has 0 atom stereocenters. The van der Waals surface area contributed by atoms with Crippen LogP contribution in [-0.4, -0.2) is 25.1 Å². The lowest BCUT2D eigenvalue weighted by molar-refractivity contribution is 0.623. The van der Waals surface area contributed by atoms with Gasteiger partial charge >= 0.3 is 0 Å². The third-order valence-corrected chi connectivity index (χ3v) is 1.43. The van der Waals surface area contributed by atoms with Crippen LogP contribution < -0.4 is 10.6 Å². The maximum Gasteiger partial charge on any atom is 0.165 e. The normalized spacial score (nSPS) is 9.83. The monoisotopic (exact) mass is 169 g/mol. The molecule has 0 radical (unpaired) electrons. The first-order chi connectivity index (χ1) is 5.84. The van der Waals surface area contributed by atoms with E-state index in [9.17, 15) is 4.39 Å². The summed E-state index contributed by atoms with van der Waals surface area (Å²) in [6.07, 6.45) is 1.56. The van der Waals surface area contributed by atoms with Gasteiger partial charge in [0.25, 0.3) is 0 Å². The number of rotatable bonds is 4. The summed E-state index contributed by atoms with van der Waals surface area (Å²) < 4.78 is 12.9. The molecular formula is C8H12FN3. The minimum absolute atomic E-state index is 0.311. The van der Waals surface area contributed by atoms with Gasteiger partial charge in [0, 0.05) is 19.3 Å². The molecule has 0 saturated heterocycles. The van der Waals surface area contributed by atoms with Crippen molar-refractivity contribution in [3.8, 4) is 0 Å². The molecule has 1 rings (SSSR count). The molecule has 0 aliphatic rings. The van der Waals surface area contributed by atoms with Crippen LogP contribution in [0.3, 0.4) is 0 Å². The number of hydrogen-bond donors (Lipinski definition) is 2. The van der Waals surface area contributed by atoms with Gasteiger partial charge in [-0.3, -0.25) is 0 Å². The van der Waals surface area contributed by atoms with Gasteiger partial charge in [-0.25, -0.2) is 9.37 Å². The molecule has 2 N–H and O–H groups in total. The van der Waals surface area contributed by atoms with Crippen LogP contribution in [-0.2, 0) is 0 Å². The Morgan fingerprint density at radius 2 is 2.33 bits per heavy atom. The highest BCUT2D eigenvalue weighted by atomic mass is 19.1. The fourth-order valence-corrected chi connectivity index (χ4v) is 0.822. The van der Waals surface area contributed by atoms with Crippen LogP contribution in [0, 0.1) is 5.82 Å². The van der Waals surface area contributed by atoms with Crippen molar-refractivity contribution in [2.24, 2.45) is 0 Å². The molecule has 0 amide bonds. The second-order valence-electron chi connectivity index (χ2n) is 2.36. The number of halogens is 1. The Bertz CT molecular complexity index is 239. The highest BCUT2D eigenvalue weighted by Crippen LogP contribution is 2.06. The average Bonchev–Trinajstić information content (AvgIpc) is 2.09. The third kappa shape index (κ3) is 2.47. The molecule has 4 heteroatoms. The van der Waals surface area contributed by atoms with E-state index >= 15 is 0 Å². The molecule has 12 heavy (non-hydrogen) atoms. The van der Waals surface area contributed by atoms with Crippen LogP contribution in [0.4, 0.5) is 10.2 Å². The molecule has 66 valence electrons.